The molecule has 1 heterocycles. The highest BCUT2D eigenvalue weighted by molar-refractivity contribution is 5.94. The Kier molecular flexibility index (Phi) is 5.65. The molecular weight excluding hydrogens is 280 g/mol. The molecule has 2 rings (SSSR count). The summed E-state index contributed by atoms with van der Waals surface area (Å²) in [4.78, 5) is 29.8. The fourth-order valence-electron chi connectivity index (χ4n) is 2.03. The minimum absolute atomic E-state index is 0.129. The second-order valence-corrected chi connectivity index (χ2v) is 4.74. The molecule has 0 saturated carbocycles. The van der Waals surface area contributed by atoms with E-state index in [0.717, 1.165) is 5.69 Å². The molecule has 0 bridgehead atoms. The lowest BCUT2D eigenvalue weighted by atomic mass is 10.2. The number of carbonyl (C=O) groups is 2. The SMILES string of the molecule is COC(=O)CCN(Cc1ccccn1)C(=O)c1ccccc1. The Morgan fingerprint density at radius 3 is 2.45 bits per heavy atom. The van der Waals surface area contributed by atoms with Gasteiger partial charge in [0.2, 0.25) is 0 Å². The number of aromatic nitrogens is 1. The standard InChI is InChI=1S/C17H18N2O3/c1-22-16(20)10-12-19(13-15-9-5-6-11-18-15)17(21)14-7-3-2-4-8-14/h2-9,11H,10,12-13H2,1H3. The zero-order valence-electron chi connectivity index (χ0n) is 12.4. The van der Waals surface area contributed by atoms with Crippen molar-refractivity contribution >= 4 is 11.9 Å². The van der Waals surface area contributed by atoms with Crippen LogP contribution in [-0.2, 0) is 16.1 Å². The molecule has 0 aliphatic heterocycles. The van der Waals surface area contributed by atoms with Gasteiger partial charge in [0, 0.05) is 18.3 Å². The quantitative estimate of drug-likeness (QED) is 0.768. The Morgan fingerprint density at radius 2 is 1.82 bits per heavy atom. The van der Waals surface area contributed by atoms with Crippen molar-refractivity contribution in [2.75, 3.05) is 13.7 Å². The summed E-state index contributed by atoms with van der Waals surface area (Å²) in [5.74, 6) is -0.470. The molecule has 0 aliphatic rings. The van der Waals surface area contributed by atoms with Crippen LogP contribution in [0.1, 0.15) is 22.5 Å². The number of carbonyl (C=O) groups excluding carboxylic acids is 2. The number of pyridine rings is 1. The molecule has 0 fully saturated rings. The van der Waals surface area contributed by atoms with Gasteiger partial charge in [-0.25, -0.2) is 0 Å². The minimum atomic E-state index is -0.341. The summed E-state index contributed by atoms with van der Waals surface area (Å²) in [6.45, 7) is 0.641. The first-order chi connectivity index (χ1) is 10.7. The molecule has 5 heteroatoms. The van der Waals surface area contributed by atoms with Crippen molar-refractivity contribution in [1.29, 1.82) is 0 Å². The van der Waals surface area contributed by atoms with Crippen LogP contribution < -0.4 is 0 Å². The second-order valence-electron chi connectivity index (χ2n) is 4.74. The molecule has 1 aromatic heterocycles. The van der Waals surface area contributed by atoms with Gasteiger partial charge in [0.05, 0.1) is 25.8 Å². The summed E-state index contributed by atoms with van der Waals surface area (Å²) >= 11 is 0. The molecular formula is C17H18N2O3. The molecule has 0 saturated heterocycles. The normalized spacial score (nSPS) is 10.0. The number of hydrogen-bond donors (Lipinski definition) is 0. The van der Waals surface area contributed by atoms with Gasteiger partial charge in [0.25, 0.3) is 5.91 Å². The third-order valence-corrected chi connectivity index (χ3v) is 3.20. The number of rotatable bonds is 6. The Labute approximate surface area is 129 Å². The largest absolute Gasteiger partial charge is 0.469 e. The van der Waals surface area contributed by atoms with E-state index in [1.165, 1.54) is 7.11 Å². The summed E-state index contributed by atoms with van der Waals surface area (Å²) in [6, 6.07) is 14.5. The summed E-state index contributed by atoms with van der Waals surface area (Å²) in [7, 11) is 1.34. The van der Waals surface area contributed by atoms with Crippen LogP contribution in [0.5, 0.6) is 0 Å². The van der Waals surface area contributed by atoms with Gasteiger partial charge in [0.15, 0.2) is 0 Å². The molecule has 2 aromatic rings. The minimum Gasteiger partial charge on any atom is -0.469 e. The number of benzene rings is 1. The lowest BCUT2D eigenvalue weighted by Gasteiger charge is -2.22. The van der Waals surface area contributed by atoms with E-state index in [-0.39, 0.29) is 24.8 Å². The van der Waals surface area contributed by atoms with Gasteiger partial charge in [-0.05, 0) is 24.3 Å². The Bertz CT molecular complexity index is 614. The van der Waals surface area contributed by atoms with E-state index >= 15 is 0 Å². The topological polar surface area (TPSA) is 59.5 Å². The number of hydrogen-bond acceptors (Lipinski definition) is 4. The highest BCUT2D eigenvalue weighted by Gasteiger charge is 2.17. The third kappa shape index (κ3) is 4.41. The number of methoxy groups -OCH3 is 1. The summed E-state index contributed by atoms with van der Waals surface area (Å²) in [5, 5.41) is 0. The average Bonchev–Trinajstić information content (AvgIpc) is 2.59. The van der Waals surface area contributed by atoms with Crippen LogP contribution in [0.2, 0.25) is 0 Å². The molecule has 0 unspecified atom stereocenters. The van der Waals surface area contributed by atoms with E-state index in [1.54, 1.807) is 23.2 Å². The molecule has 0 atom stereocenters. The Balaban J connectivity index is 2.13. The van der Waals surface area contributed by atoms with Gasteiger partial charge in [-0.1, -0.05) is 24.3 Å². The van der Waals surface area contributed by atoms with Crippen LogP contribution in [0, 0.1) is 0 Å². The van der Waals surface area contributed by atoms with Gasteiger partial charge < -0.3 is 9.64 Å². The van der Waals surface area contributed by atoms with Crippen molar-refractivity contribution in [2.45, 2.75) is 13.0 Å². The zero-order chi connectivity index (χ0) is 15.8. The van der Waals surface area contributed by atoms with Crippen LogP contribution in [0.15, 0.2) is 54.7 Å². The lowest BCUT2D eigenvalue weighted by Crippen LogP contribution is -2.33. The molecule has 0 spiro atoms. The second kappa shape index (κ2) is 7.93. The van der Waals surface area contributed by atoms with Crippen molar-refractivity contribution in [2.24, 2.45) is 0 Å². The number of amides is 1. The smallest absolute Gasteiger partial charge is 0.307 e. The molecule has 0 aliphatic carbocycles. The molecule has 1 amide bonds. The highest BCUT2D eigenvalue weighted by atomic mass is 16.5. The van der Waals surface area contributed by atoms with Crippen LogP contribution in [-0.4, -0.2) is 35.4 Å². The first kappa shape index (κ1) is 15.7. The van der Waals surface area contributed by atoms with Crippen molar-refractivity contribution in [3.05, 3.63) is 66.0 Å². The van der Waals surface area contributed by atoms with Crippen molar-refractivity contribution in [1.82, 2.24) is 9.88 Å². The first-order valence-electron chi connectivity index (χ1n) is 7.01. The van der Waals surface area contributed by atoms with Crippen molar-refractivity contribution in [3.8, 4) is 0 Å². The molecule has 1 aromatic carbocycles. The van der Waals surface area contributed by atoms with E-state index < -0.39 is 0 Å². The maximum absolute atomic E-state index is 12.6. The van der Waals surface area contributed by atoms with Crippen LogP contribution in [0.3, 0.4) is 0 Å². The van der Waals surface area contributed by atoms with Crippen molar-refractivity contribution < 1.29 is 14.3 Å². The molecule has 0 radical (unpaired) electrons. The van der Waals surface area contributed by atoms with Crippen LogP contribution in [0.25, 0.3) is 0 Å². The summed E-state index contributed by atoms with van der Waals surface area (Å²) in [6.07, 6.45) is 1.84. The molecule has 0 N–H and O–H groups in total. The van der Waals surface area contributed by atoms with Crippen molar-refractivity contribution in [3.63, 3.8) is 0 Å². The van der Waals surface area contributed by atoms with E-state index in [2.05, 4.69) is 9.72 Å². The Morgan fingerprint density at radius 1 is 1.09 bits per heavy atom. The zero-order valence-corrected chi connectivity index (χ0v) is 12.4. The van der Waals surface area contributed by atoms with Crippen LogP contribution in [0.4, 0.5) is 0 Å². The average molecular weight is 298 g/mol. The monoisotopic (exact) mass is 298 g/mol. The highest BCUT2D eigenvalue weighted by Crippen LogP contribution is 2.09. The Hall–Kier alpha value is -2.69. The number of ether oxygens (including phenoxy) is 1. The van der Waals surface area contributed by atoms with Gasteiger partial charge in [0.1, 0.15) is 0 Å². The molecule has 5 nitrogen and oxygen atoms in total. The fourth-order valence-corrected chi connectivity index (χ4v) is 2.03. The van der Waals surface area contributed by atoms with E-state index in [9.17, 15) is 9.59 Å². The van der Waals surface area contributed by atoms with E-state index in [1.807, 2.05) is 36.4 Å². The third-order valence-electron chi connectivity index (χ3n) is 3.20. The van der Waals surface area contributed by atoms with Gasteiger partial charge >= 0.3 is 5.97 Å². The predicted molar refractivity (Wildman–Crippen MR) is 82.1 cm³/mol. The van der Waals surface area contributed by atoms with Gasteiger partial charge in [-0.3, -0.25) is 14.6 Å². The van der Waals surface area contributed by atoms with Gasteiger partial charge in [-0.2, -0.15) is 0 Å². The van der Waals surface area contributed by atoms with E-state index in [4.69, 9.17) is 0 Å². The maximum atomic E-state index is 12.6. The van der Waals surface area contributed by atoms with E-state index in [0.29, 0.717) is 12.1 Å². The molecule has 22 heavy (non-hydrogen) atoms. The molecule has 114 valence electrons. The first-order valence-corrected chi connectivity index (χ1v) is 7.01. The number of nitrogens with zero attached hydrogens (tertiary/aromatic N) is 2. The lowest BCUT2D eigenvalue weighted by molar-refractivity contribution is -0.140. The maximum Gasteiger partial charge on any atom is 0.307 e. The predicted octanol–water partition coefficient (Wildman–Crippen LogP) is 2.29. The van der Waals surface area contributed by atoms with Gasteiger partial charge in [-0.15, -0.1) is 0 Å². The summed E-state index contributed by atoms with van der Waals surface area (Å²) in [5.41, 5.74) is 1.36. The fraction of sp³-hybridized carbons (Fsp3) is 0.235. The van der Waals surface area contributed by atoms with Crippen LogP contribution >= 0.6 is 0 Å². The summed E-state index contributed by atoms with van der Waals surface area (Å²) < 4.78 is 4.64. The number of esters is 1.